The van der Waals surface area contributed by atoms with Crippen LogP contribution in [0.15, 0.2) is 59.1 Å². The van der Waals surface area contributed by atoms with E-state index in [-0.39, 0.29) is 11.7 Å². The summed E-state index contributed by atoms with van der Waals surface area (Å²) in [5.41, 5.74) is 2.88. The second-order valence-electron chi connectivity index (χ2n) is 6.78. The van der Waals surface area contributed by atoms with Crippen molar-refractivity contribution in [3.8, 4) is 11.8 Å². The van der Waals surface area contributed by atoms with Crippen LogP contribution >= 0.6 is 15.9 Å². The number of rotatable bonds is 8. The molecule has 2 aromatic rings. The fraction of sp³-hybridized carbons (Fsp3) is 0.227. The summed E-state index contributed by atoms with van der Waals surface area (Å²) >= 11 is 3.36. The third-order valence-electron chi connectivity index (χ3n) is 4.48. The average Bonchev–Trinajstić information content (AvgIpc) is 2.77. The predicted octanol–water partition coefficient (Wildman–Crippen LogP) is 4.79. The van der Waals surface area contributed by atoms with Crippen LogP contribution in [0.4, 0.5) is 10.5 Å². The molecule has 0 bridgehead atoms. The monoisotopic (exact) mass is 487 g/mol. The lowest BCUT2D eigenvalue weighted by Crippen LogP contribution is -2.22. The van der Waals surface area contributed by atoms with Gasteiger partial charge in [-0.05, 0) is 61.2 Å². The topological polar surface area (TPSA) is 132 Å². The molecule has 0 aliphatic heterocycles. The summed E-state index contributed by atoms with van der Waals surface area (Å²) in [7, 11) is 0. The van der Waals surface area contributed by atoms with Crippen LogP contribution in [-0.2, 0) is 9.53 Å². The largest absolute Gasteiger partial charge is 0.508 e. The molecular formula is C22H22BrN3O5. The van der Waals surface area contributed by atoms with Gasteiger partial charge in [-0.25, -0.2) is 10.3 Å². The Morgan fingerprint density at radius 2 is 1.97 bits per heavy atom. The highest BCUT2D eigenvalue weighted by atomic mass is 79.9. The number of amides is 2. The average molecular weight is 488 g/mol. The van der Waals surface area contributed by atoms with Crippen molar-refractivity contribution < 1.29 is 24.6 Å². The summed E-state index contributed by atoms with van der Waals surface area (Å²) in [4.78, 5) is 23.6. The summed E-state index contributed by atoms with van der Waals surface area (Å²) in [5.74, 6) is -0.859. The number of aromatic hydroxyl groups is 1. The molecule has 162 valence electrons. The quantitative estimate of drug-likeness (QED) is 0.240. The number of carbonyl (C=O) groups excluding carboxylic acids is 2. The van der Waals surface area contributed by atoms with Crippen LogP contribution in [0.1, 0.15) is 37.0 Å². The smallest absolute Gasteiger partial charge is 0.412 e. The zero-order valence-electron chi connectivity index (χ0n) is 16.7. The van der Waals surface area contributed by atoms with E-state index in [1.54, 1.807) is 42.5 Å². The predicted molar refractivity (Wildman–Crippen MR) is 117 cm³/mol. The van der Waals surface area contributed by atoms with Gasteiger partial charge in [0.2, 0.25) is 0 Å². The Morgan fingerprint density at radius 1 is 1.26 bits per heavy atom. The number of anilines is 1. The minimum absolute atomic E-state index is 0.0126. The highest BCUT2D eigenvalue weighted by Crippen LogP contribution is 2.36. The van der Waals surface area contributed by atoms with Gasteiger partial charge in [0.05, 0.1) is 11.6 Å². The molecule has 0 fully saturated rings. The van der Waals surface area contributed by atoms with E-state index in [0.717, 1.165) is 0 Å². The van der Waals surface area contributed by atoms with E-state index < -0.39 is 18.1 Å². The number of benzene rings is 2. The number of allylic oxidation sites excluding steroid dienone is 1. The number of hydroxylamine groups is 1. The molecule has 31 heavy (non-hydrogen) atoms. The summed E-state index contributed by atoms with van der Waals surface area (Å²) in [6.07, 6.45) is 2.34. The van der Waals surface area contributed by atoms with Crippen LogP contribution in [0.2, 0.25) is 0 Å². The summed E-state index contributed by atoms with van der Waals surface area (Å²) in [6, 6.07) is 13.2. The molecule has 2 atom stereocenters. The first-order valence-corrected chi connectivity index (χ1v) is 10.2. The number of ether oxygens (including phenoxy) is 1. The fourth-order valence-electron chi connectivity index (χ4n) is 2.87. The maximum Gasteiger partial charge on any atom is 0.412 e. The Morgan fingerprint density at radius 3 is 2.61 bits per heavy atom. The number of nitrogens with one attached hydrogen (secondary N) is 2. The number of hydrogen-bond donors (Lipinski definition) is 4. The van der Waals surface area contributed by atoms with Gasteiger partial charge in [0.25, 0.3) is 5.91 Å². The Hall–Kier alpha value is -3.35. The lowest BCUT2D eigenvalue weighted by molar-refractivity contribution is -0.124. The number of nitrogens with zero attached hydrogens (tertiary/aromatic N) is 1. The van der Waals surface area contributed by atoms with Crippen molar-refractivity contribution in [3.63, 3.8) is 0 Å². The number of phenols is 1. The zero-order valence-corrected chi connectivity index (χ0v) is 18.3. The molecule has 0 spiro atoms. The summed E-state index contributed by atoms with van der Waals surface area (Å²) in [6.45, 7) is 1.86. The number of carbonyl (C=O) groups is 2. The van der Waals surface area contributed by atoms with Gasteiger partial charge in [-0.3, -0.25) is 15.3 Å². The Labute approximate surface area is 188 Å². The molecule has 0 aromatic heterocycles. The summed E-state index contributed by atoms with van der Waals surface area (Å²) in [5, 5.41) is 30.3. The molecule has 2 amide bonds. The fourth-order valence-corrected chi connectivity index (χ4v) is 3.25. The van der Waals surface area contributed by atoms with Crippen molar-refractivity contribution in [2.24, 2.45) is 5.92 Å². The van der Waals surface area contributed by atoms with Crippen molar-refractivity contribution in [2.45, 2.75) is 25.9 Å². The number of hydrogen-bond acceptors (Lipinski definition) is 6. The van der Waals surface area contributed by atoms with Gasteiger partial charge < -0.3 is 9.84 Å². The minimum Gasteiger partial charge on any atom is -0.508 e. The van der Waals surface area contributed by atoms with Gasteiger partial charge in [0.15, 0.2) is 0 Å². The molecule has 0 heterocycles. The van der Waals surface area contributed by atoms with E-state index in [4.69, 9.17) is 15.2 Å². The van der Waals surface area contributed by atoms with Crippen molar-refractivity contribution in [3.05, 3.63) is 70.2 Å². The van der Waals surface area contributed by atoms with Crippen LogP contribution in [-0.4, -0.2) is 22.3 Å². The van der Waals surface area contributed by atoms with Crippen molar-refractivity contribution in [2.75, 3.05) is 5.32 Å². The molecule has 0 radical (unpaired) electrons. The van der Waals surface area contributed by atoms with Gasteiger partial charge in [0.1, 0.15) is 11.9 Å². The number of halogens is 1. The van der Waals surface area contributed by atoms with Gasteiger partial charge >= 0.3 is 6.09 Å². The molecule has 2 aromatic carbocycles. The van der Waals surface area contributed by atoms with E-state index in [2.05, 4.69) is 21.2 Å². The Kier molecular flexibility index (Phi) is 9.06. The highest BCUT2D eigenvalue weighted by molar-refractivity contribution is 9.10. The van der Waals surface area contributed by atoms with Crippen LogP contribution < -0.4 is 10.8 Å². The molecule has 0 unspecified atom stereocenters. The lowest BCUT2D eigenvalue weighted by Gasteiger charge is -2.25. The third-order valence-corrected chi connectivity index (χ3v) is 4.97. The Bertz CT molecular complexity index is 986. The number of nitriles is 1. The van der Waals surface area contributed by atoms with Gasteiger partial charge in [-0.15, -0.1) is 0 Å². The highest BCUT2D eigenvalue weighted by Gasteiger charge is 2.26. The van der Waals surface area contributed by atoms with E-state index in [9.17, 15) is 14.7 Å². The third kappa shape index (κ3) is 7.44. The molecule has 0 aliphatic carbocycles. The lowest BCUT2D eigenvalue weighted by atomic mass is 9.92. The van der Waals surface area contributed by atoms with Crippen LogP contribution in [0, 0.1) is 17.2 Å². The summed E-state index contributed by atoms with van der Waals surface area (Å²) < 4.78 is 6.37. The minimum atomic E-state index is -0.768. The molecule has 9 heteroatoms. The molecule has 2 rings (SSSR count). The second kappa shape index (κ2) is 11.7. The maximum absolute atomic E-state index is 12.5. The molecule has 0 aliphatic rings. The van der Waals surface area contributed by atoms with Crippen LogP contribution in [0.3, 0.4) is 0 Å². The van der Waals surface area contributed by atoms with Gasteiger partial charge in [-0.2, -0.15) is 5.26 Å². The first kappa shape index (κ1) is 23.9. The van der Waals surface area contributed by atoms with Gasteiger partial charge in [0, 0.05) is 21.8 Å². The van der Waals surface area contributed by atoms with Crippen molar-refractivity contribution in [1.29, 1.82) is 5.26 Å². The standard InChI is InChI=1S/C22H22BrN3O5/c1-14(4-2-3-5-20(28)26-30)21(18-12-16(23)8-11-19(18)27)31-22(29)25-17-9-6-15(13-24)7-10-17/h3,5-12,14,21,27,30H,2,4H2,1H3,(H,25,29)(H,26,28)/b5-3+/t14-,21-/m1/s1. The maximum atomic E-state index is 12.5. The second-order valence-corrected chi connectivity index (χ2v) is 7.69. The molecule has 0 saturated heterocycles. The van der Waals surface area contributed by atoms with E-state index in [1.807, 2.05) is 13.0 Å². The van der Waals surface area contributed by atoms with Crippen LogP contribution in [0.5, 0.6) is 5.75 Å². The SMILES string of the molecule is C[C@H](CC/C=C/C(=O)NO)[C@@H](OC(=O)Nc1ccc(C#N)cc1)c1cc(Br)ccc1O. The normalized spacial score (nSPS) is 12.6. The van der Waals surface area contributed by atoms with E-state index in [1.165, 1.54) is 17.6 Å². The van der Waals surface area contributed by atoms with Crippen LogP contribution in [0.25, 0.3) is 0 Å². The number of phenolic OH excluding ortho intramolecular Hbond substituents is 1. The Balaban J connectivity index is 2.15. The van der Waals surface area contributed by atoms with E-state index >= 15 is 0 Å². The molecular weight excluding hydrogens is 466 g/mol. The zero-order chi connectivity index (χ0) is 22.8. The molecule has 4 N–H and O–H groups in total. The van der Waals surface area contributed by atoms with Crippen molar-refractivity contribution in [1.82, 2.24) is 5.48 Å². The van der Waals surface area contributed by atoms with E-state index in [0.29, 0.717) is 34.1 Å². The molecule has 0 saturated carbocycles. The molecule has 8 nitrogen and oxygen atoms in total. The van der Waals surface area contributed by atoms with Crippen molar-refractivity contribution >= 4 is 33.6 Å². The first-order valence-electron chi connectivity index (χ1n) is 9.41. The van der Waals surface area contributed by atoms with Gasteiger partial charge in [-0.1, -0.05) is 28.9 Å². The first-order chi connectivity index (χ1) is 14.8.